The van der Waals surface area contributed by atoms with E-state index in [1.54, 1.807) is 18.5 Å². The van der Waals surface area contributed by atoms with Crippen LogP contribution in [0.15, 0.2) is 0 Å². The molecular weight excluding hydrogens is 256 g/mol. The van der Waals surface area contributed by atoms with Crippen LogP contribution in [0.25, 0.3) is 0 Å². The number of aromatic nitrogens is 1. The summed E-state index contributed by atoms with van der Waals surface area (Å²) in [5, 5.41) is 3.30. The number of nitrogens with zero attached hydrogens (tertiary/aromatic N) is 1. The van der Waals surface area contributed by atoms with Crippen molar-refractivity contribution < 1.29 is 14.3 Å². The van der Waals surface area contributed by atoms with Crippen molar-refractivity contribution in [2.24, 2.45) is 7.05 Å². The Morgan fingerprint density at radius 1 is 1.35 bits per heavy atom. The Balaban J connectivity index is 2.35. The molecule has 1 heterocycles. The summed E-state index contributed by atoms with van der Waals surface area (Å²) in [6, 6.07) is 0.242. The Labute approximate surface area is 119 Å². The number of Topliss-reactive ketones (excluding diaryl/α,β-unsaturated/α-hetero) is 1. The molecule has 1 atom stereocenters. The Morgan fingerprint density at radius 3 is 2.45 bits per heavy atom. The zero-order valence-corrected chi connectivity index (χ0v) is 12.7. The predicted octanol–water partition coefficient (Wildman–Crippen LogP) is 1.75. The largest absolute Gasteiger partial charge is 0.464 e. The SMILES string of the molecule is COC(=O)c1c(C)c(C(=O)C(C)NC2CC2)c(C)n1C. The molecule has 5 nitrogen and oxygen atoms in total. The summed E-state index contributed by atoms with van der Waals surface area (Å²) >= 11 is 0. The fraction of sp³-hybridized carbons (Fsp3) is 0.600. The molecule has 1 aliphatic carbocycles. The molecule has 1 aromatic heterocycles. The van der Waals surface area contributed by atoms with Gasteiger partial charge in [-0.2, -0.15) is 0 Å². The first kappa shape index (κ1) is 14.8. The van der Waals surface area contributed by atoms with Crippen LogP contribution in [0, 0.1) is 13.8 Å². The van der Waals surface area contributed by atoms with Crippen molar-refractivity contribution in [2.45, 2.75) is 45.7 Å². The number of carbonyl (C=O) groups is 2. The van der Waals surface area contributed by atoms with E-state index in [1.165, 1.54) is 7.11 Å². The number of hydrogen-bond donors (Lipinski definition) is 1. The van der Waals surface area contributed by atoms with Gasteiger partial charge in [-0.15, -0.1) is 0 Å². The Hall–Kier alpha value is -1.62. The van der Waals surface area contributed by atoms with Gasteiger partial charge in [0.25, 0.3) is 0 Å². The smallest absolute Gasteiger partial charge is 0.354 e. The van der Waals surface area contributed by atoms with Gasteiger partial charge < -0.3 is 14.6 Å². The summed E-state index contributed by atoms with van der Waals surface area (Å²) in [6.45, 7) is 5.54. The maximum absolute atomic E-state index is 12.6. The minimum absolute atomic E-state index is 0.0395. The van der Waals surface area contributed by atoms with Crippen molar-refractivity contribution in [1.82, 2.24) is 9.88 Å². The Bertz CT molecular complexity index is 556. The quantitative estimate of drug-likeness (QED) is 0.658. The lowest BCUT2D eigenvalue weighted by molar-refractivity contribution is 0.0588. The molecule has 0 bridgehead atoms. The molecule has 1 unspecified atom stereocenters. The minimum atomic E-state index is -0.407. The Kier molecular flexibility index (Phi) is 3.99. The molecule has 110 valence electrons. The van der Waals surface area contributed by atoms with Crippen LogP contribution in [0.3, 0.4) is 0 Å². The fourth-order valence-electron chi connectivity index (χ4n) is 2.62. The molecule has 0 aromatic carbocycles. The highest BCUT2D eigenvalue weighted by atomic mass is 16.5. The van der Waals surface area contributed by atoms with Crippen LogP contribution in [0.2, 0.25) is 0 Å². The lowest BCUT2D eigenvalue weighted by atomic mass is 10.0. The maximum Gasteiger partial charge on any atom is 0.354 e. The molecule has 1 aliphatic rings. The molecule has 1 fully saturated rings. The summed E-state index contributed by atoms with van der Waals surface area (Å²) in [5.41, 5.74) is 2.59. The molecule has 5 heteroatoms. The monoisotopic (exact) mass is 278 g/mol. The van der Waals surface area contributed by atoms with E-state index in [2.05, 4.69) is 5.32 Å². The minimum Gasteiger partial charge on any atom is -0.464 e. The average Bonchev–Trinajstić information content (AvgIpc) is 3.18. The zero-order chi connectivity index (χ0) is 15.0. The van der Waals surface area contributed by atoms with Crippen molar-refractivity contribution in [3.8, 4) is 0 Å². The summed E-state index contributed by atoms with van der Waals surface area (Å²) in [5.74, 6) is -0.368. The van der Waals surface area contributed by atoms with Gasteiger partial charge in [-0.05, 0) is 39.2 Å². The highest BCUT2D eigenvalue weighted by molar-refractivity contribution is 6.05. The third-order valence-electron chi connectivity index (χ3n) is 4.01. The summed E-state index contributed by atoms with van der Waals surface area (Å²) in [6.07, 6.45) is 2.27. The molecule has 1 aromatic rings. The van der Waals surface area contributed by atoms with Crippen molar-refractivity contribution in [2.75, 3.05) is 7.11 Å². The first-order valence-electron chi connectivity index (χ1n) is 6.92. The van der Waals surface area contributed by atoms with Crippen LogP contribution in [-0.4, -0.2) is 35.5 Å². The summed E-state index contributed by atoms with van der Waals surface area (Å²) in [4.78, 5) is 24.4. The second-order valence-corrected chi connectivity index (χ2v) is 5.51. The summed E-state index contributed by atoms with van der Waals surface area (Å²) in [7, 11) is 3.13. The van der Waals surface area contributed by atoms with E-state index in [0.717, 1.165) is 18.5 Å². The van der Waals surface area contributed by atoms with E-state index < -0.39 is 5.97 Å². The molecule has 0 saturated heterocycles. The number of ketones is 1. The number of methoxy groups -OCH3 is 1. The molecule has 0 amide bonds. The molecule has 0 spiro atoms. The van der Waals surface area contributed by atoms with Gasteiger partial charge in [0.15, 0.2) is 5.78 Å². The van der Waals surface area contributed by atoms with Gasteiger partial charge in [0.1, 0.15) is 5.69 Å². The average molecular weight is 278 g/mol. The normalized spacial score (nSPS) is 16.1. The molecule has 1 N–H and O–H groups in total. The van der Waals surface area contributed by atoms with E-state index in [0.29, 0.717) is 22.9 Å². The van der Waals surface area contributed by atoms with Crippen molar-refractivity contribution in [1.29, 1.82) is 0 Å². The van der Waals surface area contributed by atoms with Crippen molar-refractivity contribution in [3.05, 3.63) is 22.5 Å². The van der Waals surface area contributed by atoms with Crippen LogP contribution < -0.4 is 5.32 Å². The van der Waals surface area contributed by atoms with Crippen LogP contribution in [-0.2, 0) is 11.8 Å². The number of hydrogen-bond acceptors (Lipinski definition) is 4. The fourth-order valence-corrected chi connectivity index (χ4v) is 2.62. The van der Waals surface area contributed by atoms with E-state index in [4.69, 9.17) is 4.74 Å². The van der Waals surface area contributed by atoms with Crippen LogP contribution in [0.1, 0.15) is 51.9 Å². The second kappa shape index (κ2) is 5.40. The third kappa shape index (κ3) is 2.50. The van der Waals surface area contributed by atoms with Crippen molar-refractivity contribution >= 4 is 11.8 Å². The first-order chi connectivity index (χ1) is 9.38. The molecule has 2 rings (SSSR count). The van der Waals surface area contributed by atoms with Crippen molar-refractivity contribution in [3.63, 3.8) is 0 Å². The number of nitrogens with one attached hydrogen (secondary N) is 1. The van der Waals surface area contributed by atoms with Gasteiger partial charge in [0, 0.05) is 24.3 Å². The van der Waals surface area contributed by atoms with E-state index >= 15 is 0 Å². The van der Waals surface area contributed by atoms with Crippen LogP contribution in [0.4, 0.5) is 0 Å². The maximum atomic E-state index is 12.6. The number of rotatable bonds is 5. The van der Waals surface area contributed by atoms with Gasteiger partial charge in [0.2, 0.25) is 0 Å². The van der Waals surface area contributed by atoms with E-state index in [1.807, 2.05) is 13.8 Å². The third-order valence-corrected chi connectivity index (χ3v) is 4.01. The predicted molar refractivity (Wildman–Crippen MR) is 76.2 cm³/mol. The van der Waals surface area contributed by atoms with Gasteiger partial charge >= 0.3 is 5.97 Å². The van der Waals surface area contributed by atoms with E-state index in [9.17, 15) is 9.59 Å². The number of ether oxygens (including phenoxy) is 1. The topological polar surface area (TPSA) is 60.3 Å². The Morgan fingerprint density at radius 2 is 1.95 bits per heavy atom. The zero-order valence-electron chi connectivity index (χ0n) is 12.7. The molecule has 20 heavy (non-hydrogen) atoms. The standard InChI is InChI=1S/C15H22N2O3/c1-8-12(14(18)9(2)16-11-6-7-11)10(3)17(4)13(8)15(19)20-5/h9,11,16H,6-7H2,1-5H3. The highest BCUT2D eigenvalue weighted by Crippen LogP contribution is 2.25. The molecule has 1 saturated carbocycles. The van der Waals surface area contributed by atoms with Gasteiger partial charge in [-0.25, -0.2) is 4.79 Å². The first-order valence-corrected chi connectivity index (χ1v) is 6.92. The lowest BCUT2D eigenvalue weighted by Gasteiger charge is -2.12. The summed E-state index contributed by atoms with van der Waals surface area (Å²) < 4.78 is 6.53. The van der Waals surface area contributed by atoms with E-state index in [-0.39, 0.29) is 11.8 Å². The van der Waals surface area contributed by atoms with Gasteiger partial charge in [-0.3, -0.25) is 4.79 Å². The van der Waals surface area contributed by atoms with Gasteiger partial charge in [0.05, 0.1) is 13.2 Å². The second-order valence-electron chi connectivity index (χ2n) is 5.51. The van der Waals surface area contributed by atoms with Crippen LogP contribution in [0.5, 0.6) is 0 Å². The lowest BCUT2D eigenvalue weighted by Crippen LogP contribution is -2.36. The number of carbonyl (C=O) groups excluding carboxylic acids is 2. The molecule has 0 radical (unpaired) electrons. The van der Waals surface area contributed by atoms with Crippen LogP contribution >= 0.6 is 0 Å². The molecular formula is C15H22N2O3. The molecule has 0 aliphatic heterocycles. The highest BCUT2D eigenvalue weighted by Gasteiger charge is 2.30. The number of esters is 1. The van der Waals surface area contributed by atoms with Gasteiger partial charge in [-0.1, -0.05) is 0 Å².